The Balaban J connectivity index is 1.59. The third kappa shape index (κ3) is 2.18. The van der Waals surface area contributed by atoms with Crippen molar-refractivity contribution in [3.63, 3.8) is 0 Å². The van der Waals surface area contributed by atoms with Gasteiger partial charge in [-0.25, -0.2) is 4.79 Å². The molecule has 1 aromatic heterocycles. The van der Waals surface area contributed by atoms with Gasteiger partial charge in [0.15, 0.2) is 0 Å². The van der Waals surface area contributed by atoms with E-state index < -0.39 is 5.97 Å². The van der Waals surface area contributed by atoms with Gasteiger partial charge in [-0.15, -0.1) is 0 Å². The predicted octanol–water partition coefficient (Wildman–Crippen LogP) is 1.93. The fourth-order valence-electron chi connectivity index (χ4n) is 2.38. The Morgan fingerprint density at radius 3 is 2.75 bits per heavy atom. The molecule has 1 unspecified atom stereocenters. The van der Waals surface area contributed by atoms with Crippen molar-refractivity contribution in [3.05, 3.63) is 59.0 Å². The van der Waals surface area contributed by atoms with Crippen molar-refractivity contribution in [2.45, 2.75) is 18.9 Å². The predicted molar refractivity (Wildman–Crippen MR) is 70.4 cm³/mol. The molecule has 0 fully saturated rings. The molecule has 5 nitrogen and oxygen atoms in total. The Labute approximate surface area is 115 Å². The first-order valence-electron chi connectivity index (χ1n) is 6.32. The maximum absolute atomic E-state index is 12.0. The molecule has 0 bridgehead atoms. The first-order valence-corrected chi connectivity index (χ1v) is 6.32. The molecule has 1 amide bonds. The van der Waals surface area contributed by atoms with Crippen LogP contribution in [-0.2, 0) is 17.8 Å². The molecule has 1 aliphatic rings. The van der Waals surface area contributed by atoms with E-state index in [0.717, 1.165) is 12.0 Å². The van der Waals surface area contributed by atoms with Crippen LogP contribution < -0.4 is 5.32 Å². The summed E-state index contributed by atoms with van der Waals surface area (Å²) in [7, 11) is 0. The van der Waals surface area contributed by atoms with E-state index in [1.807, 2.05) is 24.3 Å². The molecule has 5 heteroatoms. The van der Waals surface area contributed by atoms with Crippen molar-refractivity contribution >= 4 is 11.9 Å². The fourth-order valence-corrected chi connectivity index (χ4v) is 2.38. The number of carbonyl (C=O) groups excluding carboxylic acids is 1. The zero-order valence-corrected chi connectivity index (χ0v) is 10.6. The molecule has 3 rings (SSSR count). The van der Waals surface area contributed by atoms with Gasteiger partial charge in [-0.2, -0.15) is 0 Å². The Bertz CT molecular complexity index is 674. The molecule has 0 aliphatic heterocycles. The minimum absolute atomic E-state index is 0.0584. The van der Waals surface area contributed by atoms with Gasteiger partial charge in [0.2, 0.25) is 11.7 Å². The lowest BCUT2D eigenvalue weighted by Crippen LogP contribution is -2.34. The maximum atomic E-state index is 12.0. The summed E-state index contributed by atoms with van der Waals surface area (Å²) in [6.45, 7) is 0.199. The summed E-state index contributed by atoms with van der Waals surface area (Å²) in [6.07, 6.45) is 0.751. The average Bonchev–Trinajstić information content (AvgIpc) is 2.87. The van der Waals surface area contributed by atoms with Gasteiger partial charge in [-0.1, -0.05) is 24.3 Å². The van der Waals surface area contributed by atoms with Gasteiger partial charge >= 0.3 is 5.97 Å². The average molecular weight is 271 g/mol. The van der Waals surface area contributed by atoms with Crippen LogP contribution >= 0.6 is 0 Å². The molecule has 2 N–H and O–H groups in total. The number of carboxylic acid groups (broad SMARTS) is 1. The zero-order valence-electron chi connectivity index (χ0n) is 10.6. The van der Waals surface area contributed by atoms with Crippen LogP contribution in [0.2, 0.25) is 0 Å². The smallest absolute Gasteiger partial charge is 0.371 e. The van der Waals surface area contributed by atoms with Crippen molar-refractivity contribution in [3.8, 4) is 0 Å². The highest BCUT2D eigenvalue weighted by Crippen LogP contribution is 2.34. The van der Waals surface area contributed by atoms with Gasteiger partial charge in [0, 0.05) is 0 Å². The van der Waals surface area contributed by atoms with Gasteiger partial charge in [0.25, 0.3) is 0 Å². The maximum Gasteiger partial charge on any atom is 0.371 e. The van der Waals surface area contributed by atoms with E-state index in [1.165, 1.54) is 11.6 Å². The number of furan rings is 1. The van der Waals surface area contributed by atoms with Gasteiger partial charge in [-0.05, 0) is 29.7 Å². The Morgan fingerprint density at radius 1 is 1.25 bits per heavy atom. The number of hydrogen-bond donors (Lipinski definition) is 2. The number of fused-ring (bicyclic) bond motifs is 1. The molecular weight excluding hydrogens is 258 g/mol. The van der Waals surface area contributed by atoms with E-state index in [4.69, 9.17) is 9.52 Å². The number of benzene rings is 1. The van der Waals surface area contributed by atoms with Crippen LogP contribution in [0.1, 0.15) is 33.4 Å². The number of nitrogens with one attached hydrogen (secondary N) is 1. The van der Waals surface area contributed by atoms with Crippen molar-refractivity contribution in [1.29, 1.82) is 0 Å². The van der Waals surface area contributed by atoms with Crippen LogP contribution in [-0.4, -0.2) is 17.0 Å². The minimum atomic E-state index is -1.12. The standard InChI is InChI=1S/C15H13NO4/c17-14(12-7-9-3-1-2-4-11(9)12)16-8-10-5-6-13(20-10)15(18)19/h1-6,12H,7-8H2,(H,16,17)(H,18,19). The van der Waals surface area contributed by atoms with Gasteiger partial charge in [-0.3, -0.25) is 4.79 Å². The van der Waals surface area contributed by atoms with Crippen LogP contribution in [0.15, 0.2) is 40.8 Å². The number of carbonyl (C=O) groups is 2. The second kappa shape index (κ2) is 4.85. The Morgan fingerprint density at radius 2 is 2.05 bits per heavy atom. The number of aromatic carboxylic acids is 1. The molecule has 0 saturated carbocycles. The second-order valence-corrected chi connectivity index (χ2v) is 4.74. The molecule has 1 aromatic carbocycles. The van der Waals surface area contributed by atoms with Crippen LogP contribution in [0.25, 0.3) is 0 Å². The summed E-state index contributed by atoms with van der Waals surface area (Å²) in [5, 5.41) is 11.5. The molecule has 0 radical (unpaired) electrons. The molecule has 20 heavy (non-hydrogen) atoms. The zero-order chi connectivity index (χ0) is 14.1. The number of rotatable bonds is 4. The normalized spacial score (nSPS) is 16.1. The van der Waals surface area contributed by atoms with Crippen molar-refractivity contribution in [2.75, 3.05) is 0 Å². The molecule has 2 aromatic rings. The van der Waals surface area contributed by atoms with E-state index >= 15 is 0 Å². The summed E-state index contributed by atoms with van der Waals surface area (Å²) in [5.74, 6) is -0.973. The Kier molecular flexibility index (Phi) is 3.02. The molecule has 102 valence electrons. The van der Waals surface area contributed by atoms with Crippen molar-refractivity contribution in [2.24, 2.45) is 0 Å². The highest BCUT2D eigenvalue weighted by atomic mass is 16.4. The van der Waals surface area contributed by atoms with Crippen LogP contribution in [0.3, 0.4) is 0 Å². The largest absolute Gasteiger partial charge is 0.475 e. The second-order valence-electron chi connectivity index (χ2n) is 4.74. The summed E-state index contributed by atoms with van der Waals surface area (Å²) >= 11 is 0. The van der Waals surface area contributed by atoms with E-state index in [0.29, 0.717) is 5.76 Å². The molecule has 0 saturated heterocycles. The molecule has 1 aliphatic carbocycles. The Hall–Kier alpha value is -2.56. The van der Waals surface area contributed by atoms with E-state index in [2.05, 4.69) is 5.32 Å². The summed E-state index contributed by atoms with van der Waals surface area (Å²) in [5.41, 5.74) is 2.27. The number of carboxylic acids is 1. The topological polar surface area (TPSA) is 79.5 Å². The lowest BCUT2D eigenvalue weighted by Gasteiger charge is -2.28. The highest BCUT2D eigenvalue weighted by Gasteiger charge is 2.31. The van der Waals surface area contributed by atoms with E-state index in [-0.39, 0.29) is 24.1 Å². The lowest BCUT2D eigenvalue weighted by atomic mass is 9.77. The lowest BCUT2D eigenvalue weighted by molar-refractivity contribution is -0.123. The molecule has 1 heterocycles. The van der Waals surface area contributed by atoms with Crippen LogP contribution in [0.4, 0.5) is 0 Å². The highest BCUT2D eigenvalue weighted by molar-refractivity contribution is 5.87. The third-order valence-corrected chi connectivity index (χ3v) is 3.48. The monoisotopic (exact) mass is 271 g/mol. The van der Waals surface area contributed by atoms with Gasteiger partial charge in [0.05, 0.1) is 12.5 Å². The van der Waals surface area contributed by atoms with E-state index in [1.54, 1.807) is 6.07 Å². The van der Waals surface area contributed by atoms with Crippen molar-refractivity contribution in [1.82, 2.24) is 5.32 Å². The first-order chi connectivity index (χ1) is 9.65. The van der Waals surface area contributed by atoms with Crippen LogP contribution in [0, 0.1) is 0 Å². The molecule has 1 atom stereocenters. The van der Waals surface area contributed by atoms with Crippen LogP contribution in [0.5, 0.6) is 0 Å². The molecule has 0 spiro atoms. The van der Waals surface area contributed by atoms with Crippen molar-refractivity contribution < 1.29 is 19.1 Å². The van der Waals surface area contributed by atoms with E-state index in [9.17, 15) is 9.59 Å². The fraction of sp³-hybridized carbons (Fsp3) is 0.200. The first kappa shape index (κ1) is 12.5. The molecular formula is C15H13NO4. The SMILES string of the molecule is O=C(O)c1ccc(CNC(=O)C2Cc3ccccc32)o1. The minimum Gasteiger partial charge on any atom is -0.475 e. The summed E-state index contributed by atoms with van der Waals surface area (Å²) in [6, 6.07) is 10.8. The third-order valence-electron chi connectivity index (χ3n) is 3.48. The van der Waals surface area contributed by atoms with Gasteiger partial charge < -0.3 is 14.8 Å². The summed E-state index contributed by atoms with van der Waals surface area (Å²) in [4.78, 5) is 22.7. The number of hydrogen-bond acceptors (Lipinski definition) is 3. The van der Waals surface area contributed by atoms with Gasteiger partial charge in [0.1, 0.15) is 5.76 Å². The number of amides is 1. The quantitative estimate of drug-likeness (QED) is 0.890. The summed E-state index contributed by atoms with van der Waals surface area (Å²) < 4.78 is 5.08.